The third-order valence-corrected chi connectivity index (χ3v) is 2.94. The van der Waals surface area contributed by atoms with Gasteiger partial charge in [0.1, 0.15) is 25.2 Å². The average molecular weight is 258 g/mol. The lowest BCUT2D eigenvalue weighted by molar-refractivity contribution is 0.112. The molecule has 2 radical (unpaired) electrons. The Morgan fingerprint density at radius 1 is 1.25 bits per heavy atom. The first-order valence-electron chi connectivity index (χ1n) is 5.87. The molecule has 1 aromatic heterocycles. The second-order valence-corrected chi connectivity index (χ2v) is 4.28. The molecule has 4 nitrogen and oxygen atoms in total. The molecule has 0 unspecified atom stereocenters. The standard InChI is InChI=1S/C15H7BN2O2/c16-12-5-10(7-17)6-13-14(12)20-15(18-13)11-3-1-9(8-19)2-4-11/h1-6,8H. The quantitative estimate of drug-likeness (QED) is 0.520. The number of oxazole rings is 1. The van der Waals surface area contributed by atoms with Crippen LogP contribution in [0.5, 0.6) is 0 Å². The number of nitriles is 1. The van der Waals surface area contributed by atoms with E-state index in [0.717, 1.165) is 11.8 Å². The van der Waals surface area contributed by atoms with E-state index >= 15 is 0 Å². The molecule has 5 heteroatoms. The van der Waals surface area contributed by atoms with Gasteiger partial charge in [0.05, 0.1) is 11.6 Å². The number of nitrogens with zero attached hydrogens (tertiary/aromatic N) is 2. The molecule has 0 aliphatic rings. The maximum Gasteiger partial charge on any atom is 0.227 e. The maximum atomic E-state index is 10.6. The highest BCUT2D eigenvalue weighted by Gasteiger charge is 2.11. The van der Waals surface area contributed by atoms with Gasteiger partial charge in [0.15, 0.2) is 0 Å². The summed E-state index contributed by atoms with van der Waals surface area (Å²) in [7, 11) is 5.84. The van der Waals surface area contributed by atoms with Gasteiger partial charge >= 0.3 is 0 Å². The minimum Gasteiger partial charge on any atom is -0.437 e. The lowest BCUT2D eigenvalue weighted by atomic mass is 9.93. The minimum atomic E-state index is 0.377. The lowest BCUT2D eigenvalue weighted by Gasteiger charge is -1.95. The average Bonchev–Trinajstić information content (AvgIpc) is 2.92. The van der Waals surface area contributed by atoms with E-state index < -0.39 is 0 Å². The molecule has 0 saturated carbocycles. The van der Waals surface area contributed by atoms with Crippen LogP contribution < -0.4 is 5.46 Å². The molecule has 3 rings (SSSR count). The minimum absolute atomic E-state index is 0.377. The van der Waals surface area contributed by atoms with Crippen LogP contribution in [0.2, 0.25) is 0 Å². The van der Waals surface area contributed by atoms with Crippen molar-refractivity contribution in [3.05, 3.63) is 47.5 Å². The predicted octanol–water partition coefficient (Wildman–Crippen LogP) is 1.97. The van der Waals surface area contributed by atoms with Crippen LogP contribution in [-0.2, 0) is 0 Å². The predicted molar refractivity (Wildman–Crippen MR) is 74.9 cm³/mol. The summed E-state index contributed by atoms with van der Waals surface area (Å²) in [6, 6.07) is 12.1. The number of aromatic nitrogens is 1. The fraction of sp³-hybridized carbons (Fsp3) is 0. The smallest absolute Gasteiger partial charge is 0.227 e. The summed E-state index contributed by atoms with van der Waals surface area (Å²) in [4.78, 5) is 14.9. The molecule has 0 N–H and O–H groups in total. The monoisotopic (exact) mass is 258 g/mol. The van der Waals surface area contributed by atoms with Gasteiger partial charge in [-0.2, -0.15) is 5.26 Å². The highest BCUT2D eigenvalue weighted by molar-refractivity contribution is 6.37. The van der Waals surface area contributed by atoms with Gasteiger partial charge < -0.3 is 4.42 Å². The van der Waals surface area contributed by atoms with Crippen molar-refractivity contribution in [1.82, 2.24) is 4.98 Å². The molecule has 0 fully saturated rings. The molecular formula is C15H7BN2O2. The van der Waals surface area contributed by atoms with Gasteiger partial charge in [0, 0.05) is 11.1 Å². The Balaban J connectivity index is 2.15. The zero-order valence-corrected chi connectivity index (χ0v) is 10.3. The first-order chi connectivity index (χ1) is 9.71. The molecule has 0 aliphatic heterocycles. The van der Waals surface area contributed by atoms with E-state index in [9.17, 15) is 4.79 Å². The molecular weight excluding hydrogens is 251 g/mol. The van der Waals surface area contributed by atoms with Crippen LogP contribution in [0.3, 0.4) is 0 Å². The fourth-order valence-corrected chi connectivity index (χ4v) is 1.95. The molecule has 0 atom stereocenters. The molecule has 1 heterocycles. The number of hydrogen-bond acceptors (Lipinski definition) is 4. The van der Waals surface area contributed by atoms with E-state index in [1.807, 2.05) is 6.07 Å². The number of rotatable bonds is 2. The van der Waals surface area contributed by atoms with Crippen LogP contribution in [0.1, 0.15) is 15.9 Å². The van der Waals surface area contributed by atoms with Crippen LogP contribution in [0.4, 0.5) is 0 Å². The molecule has 92 valence electrons. The molecule has 2 aromatic carbocycles. The summed E-state index contributed by atoms with van der Waals surface area (Å²) < 4.78 is 5.62. The first-order valence-corrected chi connectivity index (χ1v) is 5.87. The van der Waals surface area contributed by atoms with Gasteiger partial charge in [-0.15, -0.1) is 0 Å². The summed E-state index contributed by atoms with van der Waals surface area (Å²) in [5.41, 5.74) is 3.13. The summed E-state index contributed by atoms with van der Waals surface area (Å²) in [5.74, 6) is 0.402. The molecule has 0 spiro atoms. The molecule has 0 amide bonds. The zero-order chi connectivity index (χ0) is 14.1. The summed E-state index contributed by atoms with van der Waals surface area (Å²) in [6.07, 6.45) is 0.771. The molecule has 20 heavy (non-hydrogen) atoms. The number of fused-ring (bicyclic) bond motifs is 1. The molecule has 0 bridgehead atoms. The zero-order valence-electron chi connectivity index (χ0n) is 10.3. The van der Waals surface area contributed by atoms with Gasteiger partial charge in [-0.3, -0.25) is 4.79 Å². The summed E-state index contributed by atoms with van der Waals surface area (Å²) >= 11 is 0. The Morgan fingerprint density at radius 2 is 2.00 bits per heavy atom. The topological polar surface area (TPSA) is 66.9 Å². The normalized spacial score (nSPS) is 10.3. The van der Waals surface area contributed by atoms with Gasteiger partial charge in [-0.05, 0) is 24.3 Å². The van der Waals surface area contributed by atoms with Crippen molar-refractivity contribution in [3.63, 3.8) is 0 Å². The summed E-state index contributed by atoms with van der Waals surface area (Å²) in [6.45, 7) is 0. The van der Waals surface area contributed by atoms with Crippen LogP contribution >= 0.6 is 0 Å². The van der Waals surface area contributed by atoms with E-state index in [2.05, 4.69) is 4.98 Å². The van der Waals surface area contributed by atoms with Gasteiger partial charge in [0.2, 0.25) is 5.89 Å². The van der Waals surface area contributed by atoms with Crippen LogP contribution in [-0.4, -0.2) is 19.1 Å². The van der Waals surface area contributed by atoms with Crippen molar-refractivity contribution in [2.75, 3.05) is 0 Å². The van der Waals surface area contributed by atoms with Crippen molar-refractivity contribution < 1.29 is 9.21 Å². The Bertz CT molecular complexity index is 845. The largest absolute Gasteiger partial charge is 0.437 e. The van der Waals surface area contributed by atoms with Crippen molar-refractivity contribution in [2.24, 2.45) is 0 Å². The Morgan fingerprint density at radius 3 is 2.65 bits per heavy atom. The third-order valence-electron chi connectivity index (χ3n) is 2.94. The highest BCUT2D eigenvalue weighted by Crippen LogP contribution is 2.23. The Kier molecular flexibility index (Phi) is 2.84. The van der Waals surface area contributed by atoms with Crippen molar-refractivity contribution in [2.45, 2.75) is 0 Å². The van der Waals surface area contributed by atoms with E-state index in [-0.39, 0.29) is 0 Å². The fourth-order valence-electron chi connectivity index (χ4n) is 1.95. The van der Waals surface area contributed by atoms with Crippen LogP contribution in [0.25, 0.3) is 22.6 Å². The Hall–Kier alpha value is -2.87. The third kappa shape index (κ3) is 1.97. The van der Waals surface area contributed by atoms with Crippen LogP contribution in [0, 0.1) is 11.3 Å². The van der Waals surface area contributed by atoms with E-state index in [1.165, 1.54) is 0 Å². The van der Waals surface area contributed by atoms with Gasteiger partial charge in [-0.25, -0.2) is 4.98 Å². The van der Waals surface area contributed by atoms with Crippen molar-refractivity contribution in [1.29, 1.82) is 5.26 Å². The highest BCUT2D eigenvalue weighted by atomic mass is 16.3. The lowest BCUT2D eigenvalue weighted by Crippen LogP contribution is -2.03. The van der Waals surface area contributed by atoms with Crippen LogP contribution in [0.15, 0.2) is 40.8 Å². The number of carbonyl (C=O) groups excluding carboxylic acids is 1. The number of benzene rings is 2. The molecule has 0 aliphatic carbocycles. The number of hydrogen-bond donors (Lipinski definition) is 0. The van der Waals surface area contributed by atoms with Crippen molar-refractivity contribution >= 4 is 30.7 Å². The van der Waals surface area contributed by atoms with E-state index in [4.69, 9.17) is 17.5 Å². The SMILES string of the molecule is [B]c1cc(C#N)cc2nc(-c3ccc(C=O)cc3)oc12. The first kappa shape index (κ1) is 12.2. The molecule has 3 aromatic rings. The molecule has 0 saturated heterocycles. The second kappa shape index (κ2) is 4.67. The van der Waals surface area contributed by atoms with E-state index in [0.29, 0.717) is 33.6 Å². The number of carbonyl (C=O) groups is 1. The number of aldehydes is 1. The second-order valence-electron chi connectivity index (χ2n) is 4.28. The van der Waals surface area contributed by atoms with Crippen molar-refractivity contribution in [3.8, 4) is 17.5 Å². The Labute approximate surface area is 116 Å². The van der Waals surface area contributed by atoms with E-state index in [1.54, 1.807) is 36.4 Å². The van der Waals surface area contributed by atoms with Gasteiger partial charge in [-0.1, -0.05) is 17.6 Å². The maximum absolute atomic E-state index is 10.6. The summed E-state index contributed by atoms with van der Waals surface area (Å²) in [5, 5.41) is 8.91. The van der Waals surface area contributed by atoms with Gasteiger partial charge in [0.25, 0.3) is 0 Å².